The normalized spacial score (nSPS) is 14.8. The highest BCUT2D eigenvalue weighted by Gasteiger charge is 2.16. The van der Waals surface area contributed by atoms with E-state index in [1.54, 1.807) is 18.2 Å². The molecule has 29 heavy (non-hydrogen) atoms. The van der Waals surface area contributed by atoms with E-state index in [1.807, 2.05) is 24.3 Å². The summed E-state index contributed by atoms with van der Waals surface area (Å²) >= 11 is 12.0. The Morgan fingerprint density at radius 2 is 1.76 bits per heavy atom. The molecular weight excluding hydrogens is 411 g/mol. The molecule has 0 bridgehead atoms. The first-order valence-electron chi connectivity index (χ1n) is 9.25. The third-order valence-corrected chi connectivity index (χ3v) is 5.64. The van der Waals surface area contributed by atoms with Gasteiger partial charge < -0.3 is 19.5 Å². The molecule has 6 nitrogen and oxygen atoms in total. The van der Waals surface area contributed by atoms with Crippen LogP contribution in [0.4, 0.5) is 11.4 Å². The van der Waals surface area contributed by atoms with Crippen molar-refractivity contribution >= 4 is 40.5 Å². The minimum absolute atomic E-state index is 0.189. The van der Waals surface area contributed by atoms with Crippen molar-refractivity contribution < 1.29 is 9.21 Å². The summed E-state index contributed by atoms with van der Waals surface area (Å²) in [6.45, 7) is 4.09. The van der Waals surface area contributed by atoms with Gasteiger partial charge in [0.15, 0.2) is 5.69 Å². The van der Waals surface area contributed by atoms with Crippen molar-refractivity contribution in [2.45, 2.75) is 0 Å². The molecule has 1 N–H and O–H groups in total. The second-order valence-corrected chi connectivity index (χ2v) is 7.77. The van der Waals surface area contributed by atoms with Gasteiger partial charge in [-0.1, -0.05) is 23.2 Å². The van der Waals surface area contributed by atoms with Crippen molar-refractivity contribution in [2.24, 2.45) is 0 Å². The lowest BCUT2D eigenvalue weighted by molar-refractivity contribution is 0.102. The van der Waals surface area contributed by atoms with Crippen LogP contribution in [-0.4, -0.2) is 49.0 Å². The number of benzene rings is 2. The van der Waals surface area contributed by atoms with E-state index in [9.17, 15) is 4.79 Å². The standard InChI is InChI=1S/C21H20Cl2N4O2/c1-26-8-10-27(11-9-26)16-5-3-15(4-6-16)24-20(28)19-13-29-21(25-19)14-2-7-17(22)18(23)12-14/h2-7,12-13H,8-11H2,1H3,(H,24,28). The van der Waals surface area contributed by atoms with Gasteiger partial charge in [-0.05, 0) is 49.5 Å². The van der Waals surface area contributed by atoms with Crippen molar-refractivity contribution in [1.29, 1.82) is 0 Å². The van der Waals surface area contributed by atoms with Gasteiger partial charge in [0.05, 0.1) is 10.0 Å². The zero-order valence-electron chi connectivity index (χ0n) is 15.9. The number of nitrogens with one attached hydrogen (secondary N) is 1. The number of rotatable bonds is 4. The molecule has 0 saturated carbocycles. The summed E-state index contributed by atoms with van der Waals surface area (Å²) in [5.74, 6) is -0.0356. The van der Waals surface area contributed by atoms with Crippen LogP contribution in [0.15, 0.2) is 53.1 Å². The highest BCUT2D eigenvalue weighted by atomic mass is 35.5. The van der Waals surface area contributed by atoms with Crippen molar-refractivity contribution in [3.63, 3.8) is 0 Å². The number of piperazine rings is 1. The minimum Gasteiger partial charge on any atom is -0.444 e. The average molecular weight is 431 g/mol. The molecule has 1 aromatic heterocycles. The van der Waals surface area contributed by atoms with Gasteiger partial charge in [-0.25, -0.2) is 4.98 Å². The monoisotopic (exact) mass is 430 g/mol. The highest BCUT2D eigenvalue weighted by Crippen LogP contribution is 2.28. The second-order valence-electron chi connectivity index (χ2n) is 6.96. The SMILES string of the molecule is CN1CCN(c2ccc(NC(=O)c3coc(-c4ccc(Cl)c(Cl)c4)n3)cc2)CC1. The van der Waals surface area contributed by atoms with E-state index >= 15 is 0 Å². The van der Waals surface area contributed by atoms with E-state index in [0.717, 1.165) is 31.9 Å². The first kappa shape index (κ1) is 19.8. The fraction of sp³-hybridized carbons (Fsp3) is 0.238. The molecule has 1 fully saturated rings. The van der Waals surface area contributed by atoms with Gasteiger partial charge in [-0.15, -0.1) is 0 Å². The summed E-state index contributed by atoms with van der Waals surface area (Å²) in [7, 11) is 2.13. The van der Waals surface area contributed by atoms with E-state index in [-0.39, 0.29) is 11.6 Å². The fourth-order valence-corrected chi connectivity index (χ4v) is 3.45. The minimum atomic E-state index is -0.340. The van der Waals surface area contributed by atoms with Crippen LogP contribution in [0.25, 0.3) is 11.5 Å². The summed E-state index contributed by atoms with van der Waals surface area (Å²) in [4.78, 5) is 21.4. The molecule has 2 aromatic carbocycles. The molecule has 1 saturated heterocycles. The van der Waals surface area contributed by atoms with Crippen LogP contribution < -0.4 is 10.2 Å². The molecule has 1 amide bonds. The molecule has 0 atom stereocenters. The molecule has 0 aliphatic carbocycles. The number of carbonyl (C=O) groups is 1. The van der Waals surface area contributed by atoms with Crippen LogP contribution in [0.3, 0.4) is 0 Å². The lowest BCUT2D eigenvalue weighted by Gasteiger charge is -2.34. The zero-order chi connectivity index (χ0) is 20.4. The third-order valence-electron chi connectivity index (χ3n) is 4.90. The summed E-state index contributed by atoms with van der Waals surface area (Å²) in [6.07, 6.45) is 1.33. The molecule has 2 heterocycles. The van der Waals surface area contributed by atoms with Gasteiger partial charge in [0.25, 0.3) is 5.91 Å². The Morgan fingerprint density at radius 3 is 2.45 bits per heavy atom. The summed E-state index contributed by atoms with van der Waals surface area (Å²) < 4.78 is 5.43. The van der Waals surface area contributed by atoms with Crippen molar-refractivity contribution in [3.05, 3.63) is 64.5 Å². The van der Waals surface area contributed by atoms with E-state index in [1.165, 1.54) is 6.26 Å². The van der Waals surface area contributed by atoms with Gasteiger partial charge in [0.2, 0.25) is 5.89 Å². The van der Waals surface area contributed by atoms with E-state index < -0.39 is 0 Å². The van der Waals surface area contributed by atoms with Gasteiger partial charge in [0.1, 0.15) is 6.26 Å². The highest BCUT2D eigenvalue weighted by molar-refractivity contribution is 6.42. The number of halogens is 2. The Kier molecular flexibility index (Phi) is 5.76. The summed E-state index contributed by atoms with van der Waals surface area (Å²) in [6, 6.07) is 12.9. The van der Waals surface area contributed by atoms with Crippen LogP contribution in [0, 0.1) is 0 Å². The van der Waals surface area contributed by atoms with Crippen LogP contribution in [0.2, 0.25) is 10.0 Å². The first-order valence-corrected chi connectivity index (χ1v) is 10.0. The third kappa shape index (κ3) is 4.56. The van der Waals surface area contributed by atoms with Crippen LogP contribution >= 0.6 is 23.2 Å². The molecule has 8 heteroatoms. The maximum atomic E-state index is 12.5. The van der Waals surface area contributed by atoms with Crippen LogP contribution in [-0.2, 0) is 0 Å². The molecule has 0 spiro atoms. The molecule has 1 aliphatic heterocycles. The first-order chi connectivity index (χ1) is 14.0. The van der Waals surface area contributed by atoms with E-state index in [2.05, 4.69) is 27.1 Å². The lowest BCUT2D eigenvalue weighted by atomic mass is 10.2. The number of hydrogen-bond donors (Lipinski definition) is 1. The topological polar surface area (TPSA) is 61.6 Å². The van der Waals surface area contributed by atoms with Gasteiger partial charge in [-0.3, -0.25) is 4.79 Å². The summed E-state index contributed by atoms with van der Waals surface area (Å²) in [5, 5.41) is 3.69. The van der Waals surface area contributed by atoms with Gasteiger partial charge in [-0.2, -0.15) is 0 Å². The van der Waals surface area contributed by atoms with Gasteiger partial charge >= 0.3 is 0 Å². The Balaban J connectivity index is 1.42. The van der Waals surface area contributed by atoms with Crippen LogP contribution in [0.1, 0.15) is 10.5 Å². The average Bonchev–Trinajstić information content (AvgIpc) is 3.22. The molecule has 150 valence electrons. The molecule has 3 aromatic rings. The van der Waals surface area contributed by atoms with E-state index in [0.29, 0.717) is 27.2 Å². The number of anilines is 2. The largest absolute Gasteiger partial charge is 0.444 e. The Morgan fingerprint density at radius 1 is 1.03 bits per heavy atom. The zero-order valence-corrected chi connectivity index (χ0v) is 17.4. The number of amides is 1. The number of hydrogen-bond acceptors (Lipinski definition) is 5. The quantitative estimate of drug-likeness (QED) is 0.652. The smallest absolute Gasteiger partial charge is 0.277 e. The number of carbonyl (C=O) groups excluding carboxylic acids is 1. The predicted molar refractivity (Wildman–Crippen MR) is 116 cm³/mol. The predicted octanol–water partition coefficient (Wildman–Crippen LogP) is 4.65. The Hall–Kier alpha value is -2.54. The number of oxazole rings is 1. The maximum absolute atomic E-state index is 12.5. The van der Waals surface area contributed by atoms with Crippen molar-refractivity contribution in [2.75, 3.05) is 43.4 Å². The molecule has 0 unspecified atom stereocenters. The number of likely N-dealkylation sites (N-methyl/N-ethyl adjacent to an activating group) is 1. The molecule has 1 aliphatic rings. The number of aromatic nitrogens is 1. The van der Waals surface area contributed by atoms with E-state index in [4.69, 9.17) is 27.6 Å². The second kappa shape index (κ2) is 8.45. The van der Waals surface area contributed by atoms with Gasteiger partial charge in [0, 0.05) is 43.1 Å². The lowest BCUT2D eigenvalue weighted by Crippen LogP contribution is -2.44. The van der Waals surface area contributed by atoms with Crippen molar-refractivity contribution in [3.8, 4) is 11.5 Å². The number of nitrogens with zero attached hydrogens (tertiary/aromatic N) is 3. The molecule has 4 rings (SSSR count). The Bertz CT molecular complexity index is 1010. The molecular formula is C21H20Cl2N4O2. The van der Waals surface area contributed by atoms with Crippen LogP contribution in [0.5, 0.6) is 0 Å². The van der Waals surface area contributed by atoms with Crippen molar-refractivity contribution in [1.82, 2.24) is 9.88 Å². The summed E-state index contributed by atoms with van der Waals surface area (Å²) in [5.41, 5.74) is 2.69. The fourth-order valence-electron chi connectivity index (χ4n) is 3.16. The molecule has 0 radical (unpaired) electrons. The maximum Gasteiger partial charge on any atom is 0.277 e. The Labute approximate surface area is 179 Å².